The highest BCUT2D eigenvalue weighted by Gasteiger charge is 2.25. The van der Waals surface area contributed by atoms with E-state index in [9.17, 15) is 18.3 Å². The summed E-state index contributed by atoms with van der Waals surface area (Å²) >= 11 is 15.2. The van der Waals surface area contributed by atoms with Crippen molar-refractivity contribution in [3.63, 3.8) is 0 Å². The molecule has 1 aliphatic rings. The minimum Gasteiger partial charge on any atom is -0.505 e. The molecule has 1 N–H and O–H groups in total. The Hall–Kier alpha value is -1.28. The number of aromatic hydroxyl groups is 1. The molecule has 138 valence electrons. The maximum absolute atomic E-state index is 12.8. The maximum Gasteiger partial charge on any atom is 0.227 e. The van der Waals surface area contributed by atoms with Crippen molar-refractivity contribution in [1.29, 1.82) is 0 Å². The summed E-state index contributed by atoms with van der Waals surface area (Å²) in [4.78, 5) is 13.3. The van der Waals surface area contributed by atoms with E-state index in [2.05, 4.69) is 15.9 Å². The third-order valence-corrected chi connectivity index (χ3v) is 6.67. The van der Waals surface area contributed by atoms with Crippen molar-refractivity contribution in [3.8, 4) is 5.75 Å². The Morgan fingerprint density at radius 1 is 1.15 bits per heavy atom. The molecule has 3 rings (SSSR count). The molecule has 26 heavy (non-hydrogen) atoms. The summed E-state index contributed by atoms with van der Waals surface area (Å²) in [5.41, 5.74) is 0.990. The summed E-state index contributed by atoms with van der Waals surface area (Å²) in [6.45, 7) is 0.577. The van der Waals surface area contributed by atoms with E-state index >= 15 is 0 Å². The standard InChI is InChI=1S/C17H14BrCl2NO4S/c18-11-6-14(20)17(23)15(7-11)26(24,25)9-10-4-12(19)8-13(5-10)21-3-1-2-16(21)22/h4-8,23H,1-3,9H2. The van der Waals surface area contributed by atoms with Crippen LogP contribution in [-0.2, 0) is 20.4 Å². The van der Waals surface area contributed by atoms with Gasteiger partial charge in [0.2, 0.25) is 5.91 Å². The highest BCUT2D eigenvalue weighted by atomic mass is 79.9. The van der Waals surface area contributed by atoms with Crippen LogP contribution in [0, 0.1) is 0 Å². The minimum absolute atomic E-state index is 0.0162. The van der Waals surface area contributed by atoms with Gasteiger partial charge in [-0.25, -0.2) is 8.42 Å². The molecule has 0 saturated carbocycles. The van der Waals surface area contributed by atoms with Crippen LogP contribution in [0.4, 0.5) is 5.69 Å². The molecule has 1 heterocycles. The smallest absolute Gasteiger partial charge is 0.227 e. The summed E-state index contributed by atoms with van der Waals surface area (Å²) < 4.78 is 26.0. The first kappa shape index (κ1) is 19.5. The third-order valence-electron chi connectivity index (χ3n) is 4.01. The third kappa shape index (κ3) is 4.01. The largest absolute Gasteiger partial charge is 0.505 e. The Morgan fingerprint density at radius 2 is 1.88 bits per heavy atom. The van der Waals surface area contributed by atoms with E-state index < -0.39 is 15.6 Å². The topological polar surface area (TPSA) is 74.7 Å². The summed E-state index contributed by atoms with van der Waals surface area (Å²) in [5.74, 6) is -0.896. The number of carbonyl (C=O) groups is 1. The molecule has 1 aliphatic heterocycles. The number of hydrogen-bond donors (Lipinski definition) is 1. The molecule has 2 aromatic carbocycles. The number of rotatable bonds is 4. The van der Waals surface area contributed by atoms with Crippen molar-refractivity contribution < 1.29 is 18.3 Å². The molecule has 2 aromatic rings. The number of anilines is 1. The Balaban J connectivity index is 1.98. The number of nitrogens with zero attached hydrogens (tertiary/aromatic N) is 1. The molecule has 0 spiro atoms. The number of phenols is 1. The lowest BCUT2D eigenvalue weighted by molar-refractivity contribution is -0.117. The van der Waals surface area contributed by atoms with Crippen LogP contribution in [0.25, 0.3) is 0 Å². The average Bonchev–Trinajstić information content (AvgIpc) is 2.95. The zero-order valence-electron chi connectivity index (χ0n) is 13.4. The van der Waals surface area contributed by atoms with E-state index in [-0.39, 0.29) is 21.6 Å². The van der Waals surface area contributed by atoms with Crippen molar-refractivity contribution >= 4 is 60.6 Å². The monoisotopic (exact) mass is 477 g/mol. The van der Waals surface area contributed by atoms with Crippen molar-refractivity contribution in [1.82, 2.24) is 0 Å². The van der Waals surface area contributed by atoms with Crippen LogP contribution in [0.15, 0.2) is 39.7 Å². The number of amides is 1. The summed E-state index contributed by atoms with van der Waals surface area (Å²) in [5, 5.41) is 10.3. The van der Waals surface area contributed by atoms with Crippen molar-refractivity contribution in [2.75, 3.05) is 11.4 Å². The molecule has 1 saturated heterocycles. The molecule has 5 nitrogen and oxygen atoms in total. The molecule has 0 aromatic heterocycles. The lowest BCUT2D eigenvalue weighted by Gasteiger charge is -2.17. The average molecular weight is 479 g/mol. The van der Waals surface area contributed by atoms with Gasteiger partial charge in [0, 0.05) is 28.1 Å². The zero-order valence-corrected chi connectivity index (χ0v) is 17.3. The van der Waals surface area contributed by atoms with Crippen LogP contribution < -0.4 is 4.90 Å². The number of carbonyl (C=O) groups excluding carboxylic acids is 1. The first-order valence-electron chi connectivity index (χ1n) is 7.68. The first-order valence-corrected chi connectivity index (χ1v) is 10.9. The van der Waals surface area contributed by atoms with Crippen LogP contribution in [0.1, 0.15) is 18.4 Å². The summed E-state index contributed by atoms with van der Waals surface area (Å²) in [6.07, 6.45) is 1.22. The summed E-state index contributed by atoms with van der Waals surface area (Å²) in [6, 6.07) is 7.50. The van der Waals surface area contributed by atoms with Crippen LogP contribution in [0.5, 0.6) is 5.75 Å². The number of hydrogen-bond acceptors (Lipinski definition) is 4. The van der Waals surface area contributed by atoms with Gasteiger partial charge in [0.05, 0.1) is 10.8 Å². The van der Waals surface area contributed by atoms with Crippen LogP contribution >= 0.6 is 39.1 Å². The number of halogens is 3. The van der Waals surface area contributed by atoms with E-state index in [1.165, 1.54) is 18.2 Å². The predicted octanol–water partition coefficient (Wildman–Crippen LogP) is 4.56. The summed E-state index contributed by atoms with van der Waals surface area (Å²) in [7, 11) is -3.89. The Kier molecular flexibility index (Phi) is 5.53. The van der Waals surface area contributed by atoms with Crippen molar-refractivity contribution in [3.05, 3.63) is 50.4 Å². The lowest BCUT2D eigenvalue weighted by Crippen LogP contribution is -2.23. The zero-order chi connectivity index (χ0) is 19.1. The van der Waals surface area contributed by atoms with Crippen LogP contribution in [0.2, 0.25) is 10.0 Å². The van der Waals surface area contributed by atoms with E-state index in [1.807, 2.05) is 0 Å². The second kappa shape index (κ2) is 7.38. The van der Waals surface area contributed by atoms with Crippen LogP contribution in [-0.4, -0.2) is 26.0 Å². The van der Waals surface area contributed by atoms with Gasteiger partial charge in [-0.3, -0.25) is 4.79 Å². The van der Waals surface area contributed by atoms with Gasteiger partial charge in [0.25, 0.3) is 0 Å². The second-order valence-corrected chi connectivity index (χ2v) is 9.68. The van der Waals surface area contributed by atoms with Gasteiger partial charge < -0.3 is 10.0 Å². The van der Waals surface area contributed by atoms with E-state index in [0.29, 0.717) is 33.7 Å². The Bertz CT molecular complexity index is 994. The molecular formula is C17H14BrCl2NO4S. The highest BCUT2D eigenvalue weighted by molar-refractivity contribution is 9.10. The van der Waals surface area contributed by atoms with Crippen LogP contribution in [0.3, 0.4) is 0 Å². The fourth-order valence-electron chi connectivity index (χ4n) is 2.87. The molecule has 0 radical (unpaired) electrons. The van der Waals surface area contributed by atoms with E-state index in [0.717, 1.165) is 6.42 Å². The lowest BCUT2D eigenvalue weighted by atomic mass is 10.2. The van der Waals surface area contributed by atoms with E-state index in [4.69, 9.17) is 23.2 Å². The first-order chi connectivity index (χ1) is 12.2. The van der Waals surface area contributed by atoms with Gasteiger partial charge in [-0.1, -0.05) is 39.1 Å². The SMILES string of the molecule is O=C1CCCN1c1cc(Cl)cc(CS(=O)(=O)c2cc(Br)cc(Cl)c2O)c1. The molecule has 0 atom stereocenters. The molecule has 0 aliphatic carbocycles. The highest BCUT2D eigenvalue weighted by Crippen LogP contribution is 2.36. The van der Waals surface area contributed by atoms with E-state index in [1.54, 1.807) is 17.0 Å². The van der Waals surface area contributed by atoms with Gasteiger partial charge in [0.15, 0.2) is 15.6 Å². The second-order valence-electron chi connectivity index (χ2n) is 5.96. The number of phenolic OH excluding ortho intramolecular Hbond substituents is 1. The number of benzene rings is 2. The molecule has 1 amide bonds. The predicted molar refractivity (Wildman–Crippen MR) is 105 cm³/mol. The Morgan fingerprint density at radius 3 is 2.54 bits per heavy atom. The molecule has 9 heteroatoms. The normalized spacial score (nSPS) is 14.9. The molecule has 0 unspecified atom stereocenters. The van der Waals surface area contributed by atoms with Crippen molar-refractivity contribution in [2.24, 2.45) is 0 Å². The number of sulfone groups is 1. The van der Waals surface area contributed by atoms with Gasteiger partial charge in [-0.05, 0) is 42.3 Å². The minimum atomic E-state index is -3.89. The molecular weight excluding hydrogens is 465 g/mol. The van der Waals surface area contributed by atoms with Gasteiger partial charge in [-0.15, -0.1) is 0 Å². The fourth-order valence-corrected chi connectivity index (χ4v) is 5.61. The fraction of sp³-hybridized carbons (Fsp3) is 0.235. The Labute approximate surface area is 169 Å². The molecule has 0 bridgehead atoms. The van der Waals surface area contributed by atoms with Gasteiger partial charge in [0.1, 0.15) is 4.90 Å². The quantitative estimate of drug-likeness (QED) is 0.698. The van der Waals surface area contributed by atoms with Crippen molar-refractivity contribution in [2.45, 2.75) is 23.5 Å². The maximum atomic E-state index is 12.8. The van der Waals surface area contributed by atoms with Gasteiger partial charge in [-0.2, -0.15) is 0 Å². The molecule has 1 fully saturated rings. The van der Waals surface area contributed by atoms with Gasteiger partial charge >= 0.3 is 0 Å².